The van der Waals surface area contributed by atoms with Crippen molar-refractivity contribution in [2.24, 2.45) is 0 Å². The molecule has 0 amide bonds. The molecule has 25 heavy (non-hydrogen) atoms. The SMILES string of the molecule is CCCCNc1nc(N)ncc1OCc1ccc(C(=O)O)cc1CC. The Morgan fingerprint density at radius 1 is 1.32 bits per heavy atom. The van der Waals surface area contributed by atoms with Crippen molar-refractivity contribution in [3.63, 3.8) is 0 Å². The predicted molar refractivity (Wildman–Crippen MR) is 97.0 cm³/mol. The van der Waals surface area contributed by atoms with Gasteiger partial charge in [0.1, 0.15) is 6.61 Å². The predicted octanol–water partition coefficient (Wildman–Crippen LogP) is 3.11. The van der Waals surface area contributed by atoms with Crippen LogP contribution in [0.25, 0.3) is 0 Å². The first-order valence-electron chi connectivity index (χ1n) is 8.39. The molecule has 0 spiro atoms. The maximum atomic E-state index is 11.1. The fourth-order valence-corrected chi connectivity index (χ4v) is 2.38. The van der Waals surface area contributed by atoms with Gasteiger partial charge < -0.3 is 20.9 Å². The van der Waals surface area contributed by atoms with Crippen molar-refractivity contribution in [1.29, 1.82) is 0 Å². The van der Waals surface area contributed by atoms with E-state index in [9.17, 15) is 4.79 Å². The zero-order chi connectivity index (χ0) is 18.2. The minimum Gasteiger partial charge on any atom is -0.483 e. The number of nitrogens with zero attached hydrogens (tertiary/aromatic N) is 2. The van der Waals surface area contributed by atoms with Crippen LogP contribution in [0, 0.1) is 0 Å². The maximum absolute atomic E-state index is 11.1. The van der Waals surface area contributed by atoms with E-state index in [0.717, 1.165) is 36.9 Å². The van der Waals surface area contributed by atoms with Gasteiger partial charge >= 0.3 is 5.97 Å². The van der Waals surface area contributed by atoms with Crippen LogP contribution in [0.3, 0.4) is 0 Å². The van der Waals surface area contributed by atoms with Crippen molar-refractivity contribution in [3.8, 4) is 5.75 Å². The summed E-state index contributed by atoms with van der Waals surface area (Å²) in [6, 6.07) is 5.05. The fourth-order valence-electron chi connectivity index (χ4n) is 2.38. The first-order valence-corrected chi connectivity index (χ1v) is 8.39. The van der Waals surface area contributed by atoms with Gasteiger partial charge in [0, 0.05) is 6.54 Å². The summed E-state index contributed by atoms with van der Waals surface area (Å²) < 4.78 is 5.86. The number of aryl methyl sites for hydroxylation is 1. The van der Waals surface area contributed by atoms with Gasteiger partial charge in [0.2, 0.25) is 5.95 Å². The molecule has 0 fully saturated rings. The molecular weight excluding hydrogens is 320 g/mol. The van der Waals surface area contributed by atoms with E-state index in [1.165, 1.54) is 0 Å². The molecule has 0 atom stereocenters. The lowest BCUT2D eigenvalue weighted by Gasteiger charge is -2.14. The van der Waals surface area contributed by atoms with E-state index in [4.69, 9.17) is 15.6 Å². The summed E-state index contributed by atoms with van der Waals surface area (Å²) in [5, 5.41) is 12.3. The highest BCUT2D eigenvalue weighted by molar-refractivity contribution is 5.87. The first kappa shape index (κ1) is 18.5. The minimum absolute atomic E-state index is 0.186. The van der Waals surface area contributed by atoms with Crippen LogP contribution in [-0.2, 0) is 13.0 Å². The van der Waals surface area contributed by atoms with Crippen LogP contribution in [0.2, 0.25) is 0 Å². The minimum atomic E-state index is -0.934. The molecule has 1 heterocycles. The zero-order valence-corrected chi connectivity index (χ0v) is 14.6. The topological polar surface area (TPSA) is 110 Å². The molecule has 0 radical (unpaired) electrons. The number of carboxylic acids is 1. The van der Waals surface area contributed by atoms with Gasteiger partial charge in [0.15, 0.2) is 11.6 Å². The largest absolute Gasteiger partial charge is 0.483 e. The van der Waals surface area contributed by atoms with Crippen LogP contribution in [0.1, 0.15) is 48.2 Å². The smallest absolute Gasteiger partial charge is 0.335 e. The number of nitrogens with one attached hydrogen (secondary N) is 1. The van der Waals surface area contributed by atoms with Gasteiger partial charge in [0.05, 0.1) is 11.8 Å². The van der Waals surface area contributed by atoms with Crippen molar-refractivity contribution < 1.29 is 14.6 Å². The van der Waals surface area contributed by atoms with E-state index in [0.29, 0.717) is 18.2 Å². The second-order valence-corrected chi connectivity index (χ2v) is 5.65. The Bertz CT molecular complexity index is 734. The number of unbranched alkanes of at least 4 members (excludes halogenated alkanes) is 1. The summed E-state index contributed by atoms with van der Waals surface area (Å²) in [5.41, 5.74) is 7.81. The average Bonchev–Trinajstić information content (AvgIpc) is 2.61. The molecule has 0 aliphatic carbocycles. The van der Waals surface area contributed by atoms with Gasteiger partial charge in [-0.15, -0.1) is 0 Å². The molecule has 0 unspecified atom stereocenters. The third-order valence-electron chi connectivity index (χ3n) is 3.81. The quantitative estimate of drug-likeness (QED) is 0.599. The number of rotatable bonds is 9. The third-order valence-corrected chi connectivity index (χ3v) is 3.81. The Kier molecular flexibility index (Phi) is 6.56. The Hall–Kier alpha value is -2.83. The summed E-state index contributed by atoms with van der Waals surface area (Å²) in [7, 11) is 0. The van der Waals surface area contributed by atoms with E-state index in [2.05, 4.69) is 22.2 Å². The Morgan fingerprint density at radius 2 is 2.12 bits per heavy atom. The average molecular weight is 344 g/mol. The lowest BCUT2D eigenvalue weighted by Crippen LogP contribution is -2.09. The molecular formula is C18H24N4O3. The van der Waals surface area contributed by atoms with E-state index >= 15 is 0 Å². The number of nitrogen functional groups attached to an aromatic ring is 1. The fraction of sp³-hybridized carbons (Fsp3) is 0.389. The number of anilines is 2. The molecule has 0 saturated heterocycles. The summed E-state index contributed by atoms with van der Waals surface area (Å²) in [5.74, 6) is 0.346. The molecule has 134 valence electrons. The van der Waals surface area contributed by atoms with Gasteiger partial charge in [-0.3, -0.25) is 0 Å². The lowest BCUT2D eigenvalue weighted by molar-refractivity contribution is 0.0696. The normalized spacial score (nSPS) is 10.5. The number of aromatic carboxylic acids is 1. The molecule has 2 rings (SSSR count). The van der Waals surface area contributed by atoms with E-state index in [1.54, 1.807) is 24.4 Å². The van der Waals surface area contributed by atoms with Crippen LogP contribution in [-0.4, -0.2) is 27.6 Å². The van der Waals surface area contributed by atoms with Crippen LogP contribution in [0.5, 0.6) is 5.75 Å². The lowest BCUT2D eigenvalue weighted by atomic mass is 10.0. The van der Waals surface area contributed by atoms with Gasteiger partial charge in [-0.05, 0) is 36.1 Å². The number of hydrogen-bond donors (Lipinski definition) is 3. The van der Waals surface area contributed by atoms with Crippen LogP contribution in [0.15, 0.2) is 24.4 Å². The number of ether oxygens (including phenoxy) is 1. The van der Waals surface area contributed by atoms with Crippen molar-refractivity contribution in [1.82, 2.24) is 9.97 Å². The molecule has 0 aliphatic heterocycles. The van der Waals surface area contributed by atoms with Crippen LogP contribution >= 0.6 is 0 Å². The second-order valence-electron chi connectivity index (χ2n) is 5.65. The molecule has 1 aromatic heterocycles. The van der Waals surface area contributed by atoms with Crippen molar-refractivity contribution >= 4 is 17.7 Å². The Balaban J connectivity index is 2.14. The molecule has 1 aromatic carbocycles. The molecule has 0 aliphatic rings. The Morgan fingerprint density at radius 3 is 2.80 bits per heavy atom. The van der Waals surface area contributed by atoms with Crippen LogP contribution in [0.4, 0.5) is 11.8 Å². The summed E-state index contributed by atoms with van der Waals surface area (Å²) >= 11 is 0. The molecule has 4 N–H and O–H groups in total. The highest BCUT2D eigenvalue weighted by atomic mass is 16.5. The van der Waals surface area contributed by atoms with Gasteiger partial charge in [-0.25, -0.2) is 9.78 Å². The highest BCUT2D eigenvalue weighted by Crippen LogP contribution is 2.24. The maximum Gasteiger partial charge on any atom is 0.335 e. The van der Waals surface area contributed by atoms with Gasteiger partial charge in [-0.2, -0.15) is 4.98 Å². The number of aromatic nitrogens is 2. The van der Waals surface area contributed by atoms with Gasteiger partial charge in [-0.1, -0.05) is 26.3 Å². The molecule has 7 nitrogen and oxygen atoms in total. The first-order chi connectivity index (χ1) is 12.0. The number of nitrogens with two attached hydrogens (primary N) is 1. The summed E-state index contributed by atoms with van der Waals surface area (Å²) in [6.07, 6.45) is 4.35. The Labute approximate surface area is 147 Å². The number of carboxylic acid groups (broad SMARTS) is 1. The molecule has 0 bridgehead atoms. The molecule has 7 heteroatoms. The highest BCUT2D eigenvalue weighted by Gasteiger charge is 2.11. The second kappa shape index (κ2) is 8.86. The monoisotopic (exact) mass is 344 g/mol. The summed E-state index contributed by atoms with van der Waals surface area (Å²) in [6.45, 7) is 5.17. The van der Waals surface area contributed by atoms with Crippen molar-refractivity contribution in [2.75, 3.05) is 17.6 Å². The van der Waals surface area contributed by atoms with Crippen LogP contribution < -0.4 is 15.8 Å². The standard InChI is InChI=1S/C18H24N4O3/c1-3-5-8-20-16-15(10-21-18(19)22-16)25-11-14-7-6-13(17(23)24)9-12(14)4-2/h6-7,9-10H,3-5,8,11H2,1-2H3,(H,23,24)(H3,19,20,21,22). The third kappa shape index (κ3) is 5.07. The van der Waals surface area contributed by atoms with E-state index in [1.807, 2.05) is 6.92 Å². The van der Waals surface area contributed by atoms with Crippen molar-refractivity contribution in [3.05, 3.63) is 41.1 Å². The summed E-state index contributed by atoms with van der Waals surface area (Å²) in [4.78, 5) is 19.3. The zero-order valence-electron chi connectivity index (χ0n) is 14.6. The van der Waals surface area contributed by atoms with E-state index in [-0.39, 0.29) is 11.5 Å². The number of benzene rings is 1. The molecule has 0 saturated carbocycles. The number of hydrogen-bond acceptors (Lipinski definition) is 6. The van der Waals surface area contributed by atoms with E-state index < -0.39 is 5.97 Å². The van der Waals surface area contributed by atoms with Crippen molar-refractivity contribution in [2.45, 2.75) is 39.7 Å². The number of carbonyl (C=O) groups is 1. The molecule has 2 aromatic rings. The van der Waals surface area contributed by atoms with Gasteiger partial charge in [0.25, 0.3) is 0 Å².